The zero-order chi connectivity index (χ0) is 9.52. The van der Waals surface area contributed by atoms with Gasteiger partial charge < -0.3 is 4.74 Å². The number of ether oxygens (including phenoxy) is 1. The summed E-state index contributed by atoms with van der Waals surface area (Å²) in [6, 6.07) is 0. The monoisotopic (exact) mass is 222 g/mol. The molecular weight excluding hydrogens is 204 g/mol. The number of alkyl halides is 1. The number of hydrogen-bond donors (Lipinski definition) is 0. The van der Waals surface area contributed by atoms with Gasteiger partial charge in [0, 0.05) is 24.3 Å². The van der Waals surface area contributed by atoms with E-state index >= 15 is 0 Å². The lowest BCUT2D eigenvalue weighted by atomic mass is 10.0. The predicted molar refractivity (Wildman–Crippen MR) is 60.8 cm³/mol. The van der Waals surface area contributed by atoms with Gasteiger partial charge in [0.2, 0.25) is 0 Å². The van der Waals surface area contributed by atoms with Gasteiger partial charge in [-0.3, -0.25) is 0 Å². The van der Waals surface area contributed by atoms with Crippen LogP contribution in [0.1, 0.15) is 26.2 Å². The Morgan fingerprint density at radius 3 is 2.77 bits per heavy atom. The minimum atomic E-state index is 0.723. The Labute approximate surface area is 90.6 Å². The van der Waals surface area contributed by atoms with Gasteiger partial charge in [0.15, 0.2) is 0 Å². The van der Waals surface area contributed by atoms with E-state index in [0.29, 0.717) is 0 Å². The number of rotatable bonds is 5. The highest BCUT2D eigenvalue weighted by atomic mass is 35.5. The number of thioether (sulfide) groups is 1. The van der Waals surface area contributed by atoms with Crippen molar-refractivity contribution in [3.8, 4) is 0 Å². The standard InChI is InChI=1S/C10H19ClOS/c1-9(2-5-11)13-8-10-3-6-12-7-4-10/h9-10H,2-8H2,1H3. The highest BCUT2D eigenvalue weighted by Crippen LogP contribution is 2.23. The average molecular weight is 223 g/mol. The van der Waals surface area contributed by atoms with Crippen molar-refractivity contribution in [2.75, 3.05) is 24.8 Å². The highest BCUT2D eigenvalue weighted by Gasteiger charge is 2.14. The van der Waals surface area contributed by atoms with Crippen LogP contribution in [0.3, 0.4) is 0 Å². The minimum absolute atomic E-state index is 0.723. The molecule has 0 aromatic heterocycles. The summed E-state index contributed by atoms with van der Waals surface area (Å²) >= 11 is 7.75. The third-order valence-corrected chi connectivity index (χ3v) is 4.16. The fourth-order valence-electron chi connectivity index (χ4n) is 1.45. The maximum atomic E-state index is 5.68. The van der Waals surface area contributed by atoms with Crippen molar-refractivity contribution in [2.24, 2.45) is 5.92 Å². The largest absolute Gasteiger partial charge is 0.381 e. The molecule has 13 heavy (non-hydrogen) atoms. The Bertz CT molecular complexity index is 126. The summed E-state index contributed by atoms with van der Waals surface area (Å²) in [5.74, 6) is 2.97. The lowest BCUT2D eigenvalue weighted by Gasteiger charge is -2.22. The average Bonchev–Trinajstić information content (AvgIpc) is 2.17. The fraction of sp³-hybridized carbons (Fsp3) is 1.00. The molecule has 0 aromatic carbocycles. The second-order valence-corrected chi connectivity index (χ2v) is 5.53. The van der Waals surface area contributed by atoms with E-state index < -0.39 is 0 Å². The molecule has 0 aromatic rings. The normalized spacial score (nSPS) is 21.7. The number of halogens is 1. The number of hydrogen-bond acceptors (Lipinski definition) is 2. The Balaban J connectivity index is 2.03. The SMILES string of the molecule is CC(CCCl)SCC1CCOCC1. The van der Waals surface area contributed by atoms with Gasteiger partial charge in [-0.1, -0.05) is 6.92 Å². The molecule has 0 spiro atoms. The van der Waals surface area contributed by atoms with E-state index in [1.807, 2.05) is 0 Å². The van der Waals surface area contributed by atoms with E-state index in [0.717, 1.165) is 36.7 Å². The Morgan fingerprint density at radius 2 is 2.15 bits per heavy atom. The molecule has 1 saturated heterocycles. The summed E-state index contributed by atoms with van der Waals surface area (Å²) in [5, 5.41) is 0.723. The van der Waals surface area contributed by atoms with Crippen LogP contribution in [0.5, 0.6) is 0 Å². The molecule has 0 saturated carbocycles. The van der Waals surface area contributed by atoms with E-state index in [-0.39, 0.29) is 0 Å². The minimum Gasteiger partial charge on any atom is -0.381 e. The summed E-state index contributed by atoms with van der Waals surface area (Å²) in [6.07, 6.45) is 3.64. The molecule has 1 aliphatic rings. The van der Waals surface area contributed by atoms with E-state index in [1.54, 1.807) is 0 Å². The lowest BCUT2D eigenvalue weighted by Crippen LogP contribution is -2.18. The third-order valence-electron chi connectivity index (χ3n) is 2.47. The van der Waals surface area contributed by atoms with Gasteiger partial charge in [0.1, 0.15) is 0 Å². The zero-order valence-corrected chi connectivity index (χ0v) is 9.87. The summed E-state index contributed by atoms with van der Waals surface area (Å²) in [7, 11) is 0. The lowest BCUT2D eigenvalue weighted by molar-refractivity contribution is 0.0727. The van der Waals surface area contributed by atoms with Crippen LogP contribution in [-0.4, -0.2) is 30.1 Å². The van der Waals surface area contributed by atoms with Crippen LogP contribution in [-0.2, 0) is 4.74 Å². The molecule has 0 bridgehead atoms. The smallest absolute Gasteiger partial charge is 0.0468 e. The van der Waals surface area contributed by atoms with Gasteiger partial charge >= 0.3 is 0 Å². The Hall–Kier alpha value is 0.600. The summed E-state index contributed by atoms with van der Waals surface area (Å²) < 4.78 is 5.32. The molecule has 78 valence electrons. The van der Waals surface area contributed by atoms with Crippen LogP contribution < -0.4 is 0 Å². The van der Waals surface area contributed by atoms with Gasteiger partial charge in [0.05, 0.1) is 0 Å². The Morgan fingerprint density at radius 1 is 1.46 bits per heavy atom. The summed E-state index contributed by atoms with van der Waals surface area (Å²) in [4.78, 5) is 0. The molecule has 0 amide bonds. The third kappa shape index (κ3) is 5.14. The molecule has 3 heteroatoms. The second-order valence-electron chi connectivity index (χ2n) is 3.68. The van der Waals surface area contributed by atoms with Gasteiger partial charge in [0.25, 0.3) is 0 Å². The molecule has 1 rings (SSSR count). The van der Waals surface area contributed by atoms with Gasteiger partial charge in [-0.2, -0.15) is 11.8 Å². The fourth-order valence-corrected chi connectivity index (χ4v) is 3.13. The topological polar surface area (TPSA) is 9.23 Å². The first kappa shape index (κ1) is 11.7. The summed E-state index contributed by atoms with van der Waals surface area (Å²) in [6.45, 7) is 4.20. The van der Waals surface area contributed by atoms with Crippen LogP contribution >= 0.6 is 23.4 Å². The Kier molecular flexibility index (Phi) is 6.26. The van der Waals surface area contributed by atoms with Crippen LogP contribution in [0.2, 0.25) is 0 Å². The molecule has 1 heterocycles. The van der Waals surface area contributed by atoms with E-state index in [9.17, 15) is 0 Å². The first-order valence-electron chi connectivity index (χ1n) is 5.08. The van der Waals surface area contributed by atoms with E-state index in [2.05, 4.69) is 18.7 Å². The van der Waals surface area contributed by atoms with Crippen LogP contribution in [0.25, 0.3) is 0 Å². The van der Waals surface area contributed by atoms with Crippen LogP contribution in [0.15, 0.2) is 0 Å². The van der Waals surface area contributed by atoms with Crippen molar-refractivity contribution < 1.29 is 4.74 Å². The maximum absolute atomic E-state index is 5.68. The molecule has 1 atom stereocenters. The van der Waals surface area contributed by atoms with E-state index in [4.69, 9.17) is 16.3 Å². The summed E-state index contributed by atoms with van der Waals surface area (Å²) in [5.41, 5.74) is 0. The molecular formula is C10H19ClOS. The van der Waals surface area contributed by atoms with Gasteiger partial charge in [-0.25, -0.2) is 0 Å². The maximum Gasteiger partial charge on any atom is 0.0468 e. The predicted octanol–water partition coefficient (Wildman–Crippen LogP) is 3.16. The zero-order valence-electron chi connectivity index (χ0n) is 8.30. The second kappa shape index (κ2) is 6.97. The van der Waals surface area contributed by atoms with Crippen molar-refractivity contribution in [2.45, 2.75) is 31.4 Å². The highest BCUT2D eigenvalue weighted by molar-refractivity contribution is 7.99. The van der Waals surface area contributed by atoms with Gasteiger partial charge in [-0.05, 0) is 30.9 Å². The van der Waals surface area contributed by atoms with Crippen LogP contribution in [0.4, 0.5) is 0 Å². The van der Waals surface area contributed by atoms with Crippen molar-refractivity contribution in [1.29, 1.82) is 0 Å². The molecule has 0 N–H and O–H groups in total. The quantitative estimate of drug-likeness (QED) is 0.661. The van der Waals surface area contributed by atoms with Crippen LogP contribution in [0, 0.1) is 5.92 Å². The van der Waals surface area contributed by atoms with Crippen molar-refractivity contribution in [3.63, 3.8) is 0 Å². The molecule has 1 fully saturated rings. The molecule has 0 aliphatic carbocycles. The first-order chi connectivity index (χ1) is 6.33. The molecule has 1 aliphatic heterocycles. The molecule has 1 nitrogen and oxygen atoms in total. The van der Waals surface area contributed by atoms with E-state index in [1.165, 1.54) is 18.6 Å². The van der Waals surface area contributed by atoms with Crippen molar-refractivity contribution >= 4 is 23.4 Å². The molecule has 1 unspecified atom stereocenters. The first-order valence-corrected chi connectivity index (χ1v) is 6.66. The van der Waals surface area contributed by atoms with Crippen molar-refractivity contribution in [3.05, 3.63) is 0 Å². The van der Waals surface area contributed by atoms with Gasteiger partial charge in [-0.15, -0.1) is 11.6 Å². The van der Waals surface area contributed by atoms with Crippen molar-refractivity contribution in [1.82, 2.24) is 0 Å². The molecule has 0 radical (unpaired) electrons.